The van der Waals surface area contributed by atoms with Crippen LogP contribution in [-0.4, -0.2) is 104 Å². The van der Waals surface area contributed by atoms with Gasteiger partial charge in [-0.2, -0.15) is 0 Å². The van der Waals surface area contributed by atoms with Gasteiger partial charge in [-0.3, -0.25) is 4.79 Å². The molecule has 4 fully saturated rings. The van der Waals surface area contributed by atoms with Crippen molar-refractivity contribution in [1.29, 1.82) is 0 Å². The Kier molecular flexibility index (Phi) is 14.9. The van der Waals surface area contributed by atoms with Crippen LogP contribution in [-0.2, 0) is 28.5 Å². The summed E-state index contributed by atoms with van der Waals surface area (Å²) in [7, 11) is 0. The highest BCUT2D eigenvalue weighted by atomic mass is 16.7. The van der Waals surface area contributed by atoms with Crippen LogP contribution in [0, 0.1) is 46.3 Å². The van der Waals surface area contributed by atoms with E-state index in [2.05, 4.69) is 46.0 Å². The Labute approximate surface area is 307 Å². The van der Waals surface area contributed by atoms with Crippen molar-refractivity contribution in [2.24, 2.45) is 46.3 Å². The van der Waals surface area contributed by atoms with Gasteiger partial charge in [-0.15, -0.1) is 0 Å². The second-order valence-electron chi connectivity index (χ2n) is 17.6. The zero-order valence-corrected chi connectivity index (χ0v) is 32.5. The first-order chi connectivity index (χ1) is 24.4. The highest BCUT2D eigenvalue weighted by Gasteiger charge is 2.59. The number of allylic oxidation sites excluding steroid dienone is 1. The van der Waals surface area contributed by atoms with Crippen LogP contribution < -0.4 is 5.32 Å². The van der Waals surface area contributed by atoms with E-state index >= 15 is 0 Å². The molecule has 13 atom stereocenters. The Morgan fingerprint density at radius 3 is 2.31 bits per heavy atom. The summed E-state index contributed by atoms with van der Waals surface area (Å²) in [6.45, 7) is 15.7. The average molecular weight is 722 g/mol. The van der Waals surface area contributed by atoms with Crippen LogP contribution in [0.15, 0.2) is 11.6 Å². The van der Waals surface area contributed by atoms with Crippen LogP contribution in [0.3, 0.4) is 0 Å². The van der Waals surface area contributed by atoms with Gasteiger partial charge in [0.25, 0.3) is 0 Å². The molecule has 1 amide bonds. The third kappa shape index (κ3) is 9.59. The highest BCUT2D eigenvalue weighted by Crippen LogP contribution is 2.67. The molecule has 0 bridgehead atoms. The average Bonchev–Trinajstić information content (AvgIpc) is 3.45. The van der Waals surface area contributed by atoms with Gasteiger partial charge in [0.1, 0.15) is 24.4 Å². The molecule has 4 N–H and O–H groups in total. The van der Waals surface area contributed by atoms with Gasteiger partial charge in [0, 0.05) is 6.92 Å². The van der Waals surface area contributed by atoms with E-state index in [9.17, 15) is 20.1 Å². The monoisotopic (exact) mass is 722 g/mol. The van der Waals surface area contributed by atoms with Gasteiger partial charge in [-0.25, -0.2) is 0 Å². The number of hydrogen-bond donors (Lipinski definition) is 4. The van der Waals surface area contributed by atoms with Crippen LogP contribution in [0.25, 0.3) is 0 Å². The number of rotatable bonds is 18. The lowest BCUT2D eigenvalue weighted by atomic mass is 9.47. The number of aliphatic hydroxyl groups is 3. The number of carbonyl (C=O) groups is 1. The minimum Gasteiger partial charge on any atom is -0.394 e. The van der Waals surface area contributed by atoms with E-state index < -0.39 is 43.2 Å². The lowest BCUT2D eigenvalue weighted by Gasteiger charge is -2.58. The van der Waals surface area contributed by atoms with Gasteiger partial charge < -0.3 is 44.3 Å². The fourth-order valence-corrected chi connectivity index (χ4v) is 11.2. The van der Waals surface area contributed by atoms with Crippen molar-refractivity contribution < 1.29 is 43.8 Å². The van der Waals surface area contributed by atoms with Crippen LogP contribution in [0.4, 0.5) is 0 Å². The van der Waals surface area contributed by atoms with Crippen molar-refractivity contribution >= 4 is 5.91 Å². The van der Waals surface area contributed by atoms with E-state index in [1.54, 1.807) is 5.57 Å². The maximum atomic E-state index is 11.6. The molecule has 5 rings (SSSR count). The number of carbonyl (C=O) groups excluding carboxylic acids is 1. The summed E-state index contributed by atoms with van der Waals surface area (Å²) in [5.41, 5.74) is 2.52. The second-order valence-corrected chi connectivity index (χ2v) is 17.6. The molecule has 3 saturated carbocycles. The molecule has 0 unspecified atom stereocenters. The summed E-state index contributed by atoms with van der Waals surface area (Å²) in [5, 5.41) is 32.5. The molecule has 1 heterocycles. The molecule has 4 aliphatic carbocycles. The van der Waals surface area contributed by atoms with Crippen molar-refractivity contribution in [2.45, 2.75) is 149 Å². The number of fused-ring (bicyclic) bond motifs is 5. The molecule has 1 aliphatic heterocycles. The minimum absolute atomic E-state index is 0.140. The van der Waals surface area contributed by atoms with Gasteiger partial charge in [-0.05, 0) is 97.7 Å². The van der Waals surface area contributed by atoms with E-state index in [1.807, 2.05) is 0 Å². The standard InChI is InChI=1S/C41H71NO9/c1-26(2)8-7-9-27(3)32-12-13-33-31-11-10-29-24-30(14-16-40(29,5)34(31)15-17-41(32,33)6)49-22-20-47-18-19-48-21-23-50-39-36(42-28(4)44)38(46)37(45)35(25-43)51-39/h10,26-27,30-39,43,45-46H,7-9,11-25H2,1-6H3,(H,42,44)/t27-,30+,31+,32-,33+,34+,35-,36-,37+,38-,39+,40+,41-/m1/s1. The van der Waals surface area contributed by atoms with Crippen molar-refractivity contribution in [2.75, 3.05) is 46.2 Å². The first-order valence-electron chi connectivity index (χ1n) is 20.4. The Morgan fingerprint density at radius 1 is 0.922 bits per heavy atom. The van der Waals surface area contributed by atoms with Crippen LogP contribution in [0.2, 0.25) is 0 Å². The Morgan fingerprint density at radius 2 is 1.63 bits per heavy atom. The van der Waals surface area contributed by atoms with E-state index in [-0.39, 0.29) is 19.3 Å². The van der Waals surface area contributed by atoms with Gasteiger partial charge in [-0.1, -0.05) is 65.5 Å². The number of ether oxygens (including phenoxy) is 5. The SMILES string of the molecule is CC(=O)N[C@H]1[C@@H](OCCOCCOCCO[C@H]2CC[C@@]3(C)C(=CC[C@H]4[C@@H]5CC[C@H]([C@H](C)CCCC(C)C)[C@@]5(C)CC[C@@H]43)C2)O[C@H](CO)[C@H](O)[C@@H]1O. The van der Waals surface area contributed by atoms with Crippen molar-refractivity contribution in [3.8, 4) is 0 Å². The Bertz CT molecular complexity index is 1130. The molecule has 0 spiro atoms. The van der Waals surface area contributed by atoms with E-state index in [0.29, 0.717) is 37.3 Å². The third-order valence-electron chi connectivity index (χ3n) is 14.0. The molecular weight excluding hydrogens is 650 g/mol. The maximum Gasteiger partial charge on any atom is 0.217 e. The highest BCUT2D eigenvalue weighted by molar-refractivity contribution is 5.73. The maximum absolute atomic E-state index is 11.6. The van der Waals surface area contributed by atoms with Crippen LogP contribution >= 0.6 is 0 Å². The zero-order valence-electron chi connectivity index (χ0n) is 32.5. The third-order valence-corrected chi connectivity index (χ3v) is 14.0. The summed E-state index contributed by atoms with van der Waals surface area (Å²) in [6.07, 6.45) is 12.8. The summed E-state index contributed by atoms with van der Waals surface area (Å²) in [5.74, 6) is 4.75. The van der Waals surface area contributed by atoms with Crippen LogP contribution in [0.1, 0.15) is 112 Å². The topological polar surface area (TPSA) is 136 Å². The molecule has 1 saturated heterocycles. The predicted octanol–water partition coefficient (Wildman–Crippen LogP) is 5.41. The number of hydrogen-bond acceptors (Lipinski definition) is 9. The summed E-state index contributed by atoms with van der Waals surface area (Å²) in [6, 6.07) is -0.963. The van der Waals surface area contributed by atoms with Crippen molar-refractivity contribution in [3.05, 3.63) is 11.6 Å². The molecule has 0 aromatic carbocycles. The fourth-order valence-electron chi connectivity index (χ4n) is 11.2. The number of amides is 1. The number of aliphatic hydroxyl groups excluding tert-OH is 3. The van der Waals surface area contributed by atoms with Gasteiger partial charge in [0.05, 0.1) is 52.4 Å². The summed E-state index contributed by atoms with van der Waals surface area (Å²) in [4.78, 5) is 11.6. The molecule has 0 aromatic heterocycles. The predicted molar refractivity (Wildman–Crippen MR) is 196 cm³/mol. The van der Waals surface area contributed by atoms with E-state index in [1.165, 1.54) is 64.7 Å². The minimum atomic E-state index is -1.34. The molecule has 10 heteroatoms. The van der Waals surface area contributed by atoms with Crippen molar-refractivity contribution in [1.82, 2.24) is 5.32 Å². The smallest absolute Gasteiger partial charge is 0.217 e. The molecular formula is C41H71NO9. The second kappa shape index (κ2) is 18.5. The lowest BCUT2D eigenvalue weighted by molar-refractivity contribution is -0.272. The van der Waals surface area contributed by atoms with Gasteiger partial charge in [0.15, 0.2) is 6.29 Å². The molecule has 5 aliphatic rings. The molecule has 0 radical (unpaired) electrons. The molecule has 51 heavy (non-hydrogen) atoms. The number of nitrogens with one attached hydrogen (secondary N) is 1. The quantitative estimate of drug-likeness (QED) is 0.108. The summed E-state index contributed by atoms with van der Waals surface area (Å²) < 4.78 is 29.0. The van der Waals surface area contributed by atoms with Crippen molar-refractivity contribution in [3.63, 3.8) is 0 Å². The molecule has 0 aromatic rings. The largest absolute Gasteiger partial charge is 0.394 e. The van der Waals surface area contributed by atoms with Gasteiger partial charge in [0.2, 0.25) is 5.91 Å². The van der Waals surface area contributed by atoms with Gasteiger partial charge >= 0.3 is 0 Å². The fraction of sp³-hybridized carbons (Fsp3) is 0.927. The Balaban J connectivity index is 0.973. The Hall–Kier alpha value is -1.11. The lowest BCUT2D eigenvalue weighted by Crippen LogP contribution is -2.64. The molecule has 294 valence electrons. The first-order valence-corrected chi connectivity index (χ1v) is 20.4. The summed E-state index contributed by atoms with van der Waals surface area (Å²) >= 11 is 0. The first kappa shape index (κ1) is 41.1. The van der Waals surface area contributed by atoms with E-state index in [4.69, 9.17) is 23.7 Å². The van der Waals surface area contributed by atoms with E-state index in [0.717, 1.165) is 48.3 Å². The van der Waals surface area contributed by atoms with Crippen LogP contribution in [0.5, 0.6) is 0 Å². The molecule has 10 nitrogen and oxygen atoms in total. The zero-order chi connectivity index (χ0) is 36.8. The normalized spacial score (nSPS) is 39.9.